The number of amides is 3. The Morgan fingerprint density at radius 2 is 1.90 bits per heavy atom. The summed E-state index contributed by atoms with van der Waals surface area (Å²) in [7, 11) is -3.71. The second-order valence-electron chi connectivity index (χ2n) is 9.01. The number of primary amides is 1. The van der Waals surface area contributed by atoms with Gasteiger partial charge < -0.3 is 21.1 Å². The van der Waals surface area contributed by atoms with Crippen molar-refractivity contribution < 1.29 is 31.9 Å². The first-order valence-corrected chi connectivity index (χ1v) is 16.3. The average Bonchev–Trinajstić information content (AvgIpc) is 2.90. The molecule has 10 nitrogen and oxygen atoms in total. The highest BCUT2D eigenvalue weighted by Crippen LogP contribution is 2.28. The number of aryl methyl sites for hydroxylation is 1. The standard InChI is InChI=1S/C27H26FIN4O6S/c1-2-15-11-17-4-3-16(15)9-10-39-27(36)32-20-6-8-23(40(29,37)38)19(12-20)14-31-26(35)24(17)33-22-13-18(25(30)34)5-7-21(22)28/h3-8,11-13,24,33H,2,9-10,14H2,1H3,(H2,30,34)(H,31,35)(H,32,36)/t24-/m1/s1. The van der Waals surface area contributed by atoms with E-state index in [2.05, 4.69) is 16.0 Å². The summed E-state index contributed by atoms with van der Waals surface area (Å²) < 4.78 is 44.9. The van der Waals surface area contributed by atoms with Crippen LogP contribution in [0, 0.1) is 5.82 Å². The minimum absolute atomic E-state index is 0.0456. The smallest absolute Gasteiger partial charge is 0.411 e. The van der Waals surface area contributed by atoms with E-state index < -0.39 is 36.8 Å². The van der Waals surface area contributed by atoms with E-state index in [1.807, 2.05) is 13.0 Å². The van der Waals surface area contributed by atoms with Gasteiger partial charge in [-0.2, -0.15) is 0 Å². The first-order valence-electron chi connectivity index (χ1n) is 12.2. The van der Waals surface area contributed by atoms with E-state index in [1.165, 1.54) is 51.5 Å². The third-order valence-electron chi connectivity index (χ3n) is 6.38. The molecule has 0 fully saturated rings. The SMILES string of the molecule is CCc1cc2ccc1CCOC(=O)Nc1ccc(S(=O)(=O)I)c(c1)CNC(=O)[C@@H]2Nc1cc(C(N)=O)ccc1F. The Hall–Kier alpha value is -3.72. The lowest BCUT2D eigenvalue weighted by Crippen LogP contribution is -2.34. The number of halogens is 2. The maximum Gasteiger partial charge on any atom is 0.411 e. The highest BCUT2D eigenvalue weighted by Gasteiger charge is 2.25. The normalized spacial score (nSPS) is 16.0. The lowest BCUT2D eigenvalue weighted by molar-refractivity contribution is -0.122. The van der Waals surface area contributed by atoms with Crippen LogP contribution in [-0.2, 0) is 35.9 Å². The van der Waals surface area contributed by atoms with Gasteiger partial charge in [0.05, 0.1) is 38.4 Å². The van der Waals surface area contributed by atoms with Crippen LogP contribution in [0.3, 0.4) is 0 Å². The lowest BCUT2D eigenvalue weighted by atomic mass is 9.95. The van der Waals surface area contributed by atoms with Crippen LogP contribution in [0.4, 0.5) is 20.6 Å². The molecule has 0 aromatic heterocycles. The van der Waals surface area contributed by atoms with Crippen LogP contribution in [0.15, 0.2) is 59.5 Å². The quantitative estimate of drug-likeness (QED) is 0.233. The molecule has 210 valence electrons. The van der Waals surface area contributed by atoms with Crippen molar-refractivity contribution in [3.63, 3.8) is 0 Å². The van der Waals surface area contributed by atoms with E-state index in [4.69, 9.17) is 10.5 Å². The molecule has 1 atom stereocenters. The van der Waals surface area contributed by atoms with E-state index in [0.717, 1.165) is 17.2 Å². The number of rotatable bonds is 5. The summed E-state index contributed by atoms with van der Waals surface area (Å²) >= 11 is 1.30. The van der Waals surface area contributed by atoms with Gasteiger partial charge in [0, 0.05) is 24.2 Å². The predicted molar refractivity (Wildman–Crippen MR) is 155 cm³/mol. The van der Waals surface area contributed by atoms with Crippen LogP contribution in [0.2, 0.25) is 0 Å². The van der Waals surface area contributed by atoms with E-state index in [9.17, 15) is 27.2 Å². The summed E-state index contributed by atoms with van der Waals surface area (Å²) in [4.78, 5) is 37.6. The number of fused-ring (bicyclic) bond motifs is 9. The summed E-state index contributed by atoms with van der Waals surface area (Å²) in [6, 6.07) is 11.9. The molecule has 2 heterocycles. The van der Waals surface area contributed by atoms with Gasteiger partial charge in [0.25, 0.3) is 0 Å². The van der Waals surface area contributed by atoms with Gasteiger partial charge in [0.1, 0.15) is 11.9 Å². The van der Waals surface area contributed by atoms with Crippen molar-refractivity contribution in [3.8, 4) is 0 Å². The number of hydrogen-bond acceptors (Lipinski definition) is 7. The molecule has 0 aliphatic carbocycles. The van der Waals surface area contributed by atoms with Gasteiger partial charge in [0.15, 0.2) is 0 Å². The number of hydrogen-bond donors (Lipinski definition) is 4. The fourth-order valence-electron chi connectivity index (χ4n) is 4.37. The zero-order valence-corrected chi connectivity index (χ0v) is 24.3. The summed E-state index contributed by atoms with van der Waals surface area (Å²) in [6.45, 7) is 1.80. The predicted octanol–water partition coefficient (Wildman–Crippen LogP) is 4.18. The average molecular weight is 680 g/mol. The van der Waals surface area contributed by atoms with E-state index in [-0.39, 0.29) is 40.5 Å². The number of benzene rings is 3. The van der Waals surface area contributed by atoms with Crippen LogP contribution < -0.4 is 21.7 Å². The molecule has 0 saturated heterocycles. The van der Waals surface area contributed by atoms with Crippen LogP contribution in [0.1, 0.15) is 45.6 Å². The Morgan fingerprint density at radius 1 is 1.12 bits per heavy atom. The molecule has 0 saturated carbocycles. The maximum absolute atomic E-state index is 14.8. The van der Waals surface area contributed by atoms with Crippen LogP contribution in [-0.4, -0.2) is 32.9 Å². The second-order valence-corrected chi connectivity index (χ2v) is 13.8. The molecule has 13 heteroatoms. The summed E-state index contributed by atoms with van der Waals surface area (Å²) in [5.41, 5.74) is 8.11. The largest absolute Gasteiger partial charge is 0.449 e. The topological polar surface area (TPSA) is 157 Å². The van der Waals surface area contributed by atoms with Crippen molar-refractivity contribution in [2.45, 2.75) is 37.2 Å². The van der Waals surface area contributed by atoms with Crippen LogP contribution in [0.5, 0.6) is 0 Å². The van der Waals surface area contributed by atoms with E-state index in [0.29, 0.717) is 18.4 Å². The van der Waals surface area contributed by atoms with Crippen molar-refractivity contribution in [1.82, 2.24) is 5.32 Å². The van der Waals surface area contributed by atoms with Gasteiger partial charge in [0.2, 0.25) is 18.8 Å². The summed E-state index contributed by atoms with van der Waals surface area (Å²) in [5, 5.41) is 8.18. The molecule has 2 aliphatic rings. The molecule has 4 bridgehead atoms. The third-order valence-corrected chi connectivity index (χ3v) is 8.73. The third kappa shape index (κ3) is 6.88. The fourth-order valence-corrected chi connectivity index (χ4v) is 6.33. The molecule has 3 aromatic carbocycles. The molecule has 0 radical (unpaired) electrons. The van der Waals surface area contributed by atoms with Crippen LogP contribution in [0.25, 0.3) is 0 Å². The summed E-state index contributed by atoms with van der Waals surface area (Å²) in [5.74, 6) is -2.04. The Labute approximate surface area is 242 Å². The summed E-state index contributed by atoms with van der Waals surface area (Å²) in [6.07, 6.45) is 0.316. The van der Waals surface area contributed by atoms with Gasteiger partial charge in [-0.3, -0.25) is 14.9 Å². The zero-order chi connectivity index (χ0) is 29.0. The highest BCUT2D eigenvalue weighted by molar-refractivity contribution is 14.2. The minimum atomic E-state index is -3.71. The Kier molecular flexibility index (Phi) is 8.93. The molecular weight excluding hydrogens is 654 g/mol. The van der Waals surface area contributed by atoms with Gasteiger partial charge in [-0.05, 0) is 65.1 Å². The zero-order valence-electron chi connectivity index (χ0n) is 21.3. The molecule has 2 aliphatic heterocycles. The number of nitrogens with one attached hydrogen (secondary N) is 3. The molecule has 3 aromatic rings. The maximum atomic E-state index is 14.8. The van der Waals surface area contributed by atoms with Crippen molar-refractivity contribution in [2.75, 3.05) is 17.2 Å². The molecule has 3 amide bonds. The van der Waals surface area contributed by atoms with Gasteiger partial charge in [-0.15, -0.1) is 0 Å². The van der Waals surface area contributed by atoms with E-state index in [1.54, 1.807) is 12.1 Å². The number of ether oxygens (including phenoxy) is 1. The number of carbonyl (C=O) groups is 3. The Bertz CT molecular complexity index is 1600. The molecule has 0 spiro atoms. The Morgan fingerprint density at radius 3 is 2.60 bits per heavy atom. The minimum Gasteiger partial charge on any atom is -0.449 e. The lowest BCUT2D eigenvalue weighted by Gasteiger charge is -2.23. The Balaban J connectivity index is 1.79. The van der Waals surface area contributed by atoms with Gasteiger partial charge >= 0.3 is 6.09 Å². The van der Waals surface area contributed by atoms with Crippen molar-refractivity contribution in [2.24, 2.45) is 5.73 Å². The number of carbonyl (C=O) groups excluding carboxylic acids is 3. The van der Waals surface area contributed by atoms with Crippen molar-refractivity contribution >= 4 is 57.5 Å². The molecule has 5 rings (SSSR count). The monoisotopic (exact) mass is 680 g/mol. The van der Waals surface area contributed by atoms with Crippen molar-refractivity contribution in [1.29, 1.82) is 0 Å². The van der Waals surface area contributed by atoms with Gasteiger partial charge in [-0.1, -0.05) is 25.1 Å². The number of nitrogens with two attached hydrogens (primary N) is 1. The molecule has 40 heavy (non-hydrogen) atoms. The van der Waals surface area contributed by atoms with Crippen molar-refractivity contribution in [3.05, 3.63) is 88.2 Å². The highest BCUT2D eigenvalue weighted by atomic mass is 127. The first-order chi connectivity index (χ1) is 19.0. The van der Waals surface area contributed by atoms with Crippen LogP contribution >= 0.6 is 21.2 Å². The molecule has 0 unspecified atom stereocenters. The second kappa shape index (κ2) is 12.2. The fraction of sp³-hybridized carbons (Fsp3) is 0.222. The van der Waals surface area contributed by atoms with E-state index >= 15 is 0 Å². The van der Waals surface area contributed by atoms with Gasteiger partial charge in [-0.25, -0.2) is 17.6 Å². The molecule has 5 N–H and O–H groups in total. The first kappa shape index (κ1) is 29.3. The number of anilines is 2. The molecular formula is C27H26FIN4O6S.